The number of nitrogens with zero attached hydrogens (tertiary/aromatic N) is 1. The first-order valence-corrected chi connectivity index (χ1v) is 8.13. The Kier molecular flexibility index (Phi) is 4.97. The van der Waals surface area contributed by atoms with Crippen molar-refractivity contribution in [2.24, 2.45) is 0 Å². The van der Waals surface area contributed by atoms with Gasteiger partial charge < -0.3 is 4.42 Å². The molecule has 24 heavy (non-hydrogen) atoms. The van der Waals surface area contributed by atoms with Crippen LogP contribution in [0.5, 0.6) is 0 Å². The van der Waals surface area contributed by atoms with Crippen LogP contribution in [0.15, 0.2) is 59.0 Å². The molecule has 118 valence electrons. The summed E-state index contributed by atoms with van der Waals surface area (Å²) in [5, 5.41) is 11.1. The fourth-order valence-corrected chi connectivity index (χ4v) is 2.84. The molecule has 0 aliphatic heterocycles. The molecule has 0 aliphatic rings. The lowest BCUT2D eigenvalue weighted by molar-refractivity contribution is 0.572. The second-order valence-corrected chi connectivity index (χ2v) is 6.28. The summed E-state index contributed by atoms with van der Waals surface area (Å²) in [6.45, 7) is 0. The van der Waals surface area contributed by atoms with E-state index in [1.54, 1.807) is 60.7 Å². The standard InChI is InChI=1S/C19H10Cl3NO/c20-14-3-1-12(2-4-14)13(11-23)9-16-6-8-19(24-16)17-7-5-15(21)10-18(17)22/h1-10H/b13-9-. The van der Waals surface area contributed by atoms with Crippen LogP contribution in [0.1, 0.15) is 11.3 Å². The highest BCUT2D eigenvalue weighted by Crippen LogP contribution is 2.32. The lowest BCUT2D eigenvalue weighted by Crippen LogP contribution is -1.80. The smallest absolute Gasteiger partial charge is 0.136 e. The predicted octanol–water partition coefficient (Wildman–Crippen LogP) is 6.97. The van der Waals surface area contributed by atoms with Crippen LogP contribution < -0.4 is 0 Å². The minimum absolute atomic E-state index is 0.481. The lowest BCUT2D eigenvalue weighted by atomic mass is 10.1. The molecule has 5 heteroatoms. The first-order chi connectivity index (χ1) is 11.6. The van der Waals surface area contributed by atoms with Gasteiger partial charge in [0, 0.05) is 15.6 Å². The minimum atomic E-state index is 0.481. The number of furan rings is 1. The van der Waals surface area contributed by atoms with Crippen molar-refractivity contribution in [2.75, 3.05) is 0 Å². The number of nitriles is 1. The highest BCUT2D eigenvalue weighted by atomic mass is 35.5. The Bertz CT molecular complexity index is 949. The molecule has 0 spiro atoms. The maximum atomic E-state index is 9.38. The first-order valence-electron chi connectivity index (χ1n) is 7.00. The van der Waals surface area contributed by atoms with Gasteiger partial charge in [0.05, 0.1) is 16.7 Å². The zero-order valence-electron chi connectivity index (χ0n) is 12.3. The molecule has 2 aromatic carbocycles. The zero-order chi connectivity index (χ0) is 17.1. The number of halogens is 3. The van der Waals surface area contributed by atoms with Crippen LogP contribution >= 0.6 is 34.8 Å². The van der Waals surface area contributed by atoms with Crippen molar-refractivity contribution in [3.05, 3.63) is 81.0 Å². The van der Waals surface area contributed by atoms with Crippen LogP contribution in [-0.2, 0) is 0 Å². The Labute approximate surface area is 154 Å². The van der Waals surface area contributed by atoms with E-state index in [2.05, 4.69) is 6.07 Å². The highest BCUT2D eigenvalue weighted by Gasteiger charge is 2.09. The SMILES string of the molecule is N#C/C(=C/c1ccc(-c2ccc(Cl)cc2Cl)o1)c1ccc(Cl)cc1. The van der Waals surface area contributed by atoms with Crippen LogP contribution in [0.25, 0.3) is 23.0 Å². The van der Waals surface area contributed by atoms with E-state index in [1.165, 1.54) is 0 Å². The average molecular weight is 375 g/mol. The predicted molar refractivity (Wildman–Crippen MR) is 99.1 cm³/mol. The number of hydrogen-bond donors (Lipinski definition) is 0. The molecule has 0 saturated heterocycles. The van der Waals surface area contributed by atoms with Gasteiger partial charge >= 0.3 is 0 Å². The van der Waals surface area contributed by atoms with E-state index in [-0.39, 0.29) is 0 Å². The van der Waals surface area contributed by atoms with E-state index in [0.717, 1.165) is 11.1 Å². The van der Waals surface area contributed by atoms with E-state index >= 15 is 0 Å². The Hall–Kier alpha value is -2.18. The van der Waals surface area contributed by atoms with E-state index < -0.39 is 0 Å². The van der Waals surface area contributed by atoms with Gasteiger partial charge in [-0.25, -0.2) is 0 Å². The van der Waals surface area contributed by atoms with Crippen LogP contribution in [0.2, 0.25) is 15.1 Å². The molecule has 0 atom stereocenters. The van der Waals surface area contributed by atoms with Crippen molar-refractivity contribution >= 4 is 46.5 Å². The lowest BCUT2D eigenvalue weighted by Gasteiger charge is -2.01. The van der Waals surface area contributed by atoms with Crippen molar-refractivity contribution in [3.8, 4) is 17.4 Å². The summed E-state index contributed by atoms with van der Waals surface area (Å²) in [7, 11) is 0. The van der Waals surface area contributed by atoms with Crippen molar-refractivity contribution in [2.45, 2.75) is 0 Å². The average Bonchev–Trinajstić information content (AvgIpc) is 3.02. The molecule has 0 N–H and O–H groups in total. The number of hydrogen-bond acceptors (Lipinski definition) is 2. The molecule has 3 aromatic rings. The number of allylic oxidation sites excluding steroid dienone is 1. The molecule has 0 radical (unpaired) electrons. The summed E-state index contributed by atoms with van der Waals surface area (Å²) < 4.78 is 5.79. The van der Waals surface area contributed by atoms with Gasteiger partial charge in [-0.1, -0.05) is 46.9 Å². The third kappa shape index (κ3) is 3.66. The maximum absolute atomic E-state index is 9.38. The van der Waals surface area contributed by atoms with Gasteiger partial charge in [-0.15, -0.1) is 0 Å². The molecule has 0 aliphatic carbocycles. The van der Waals surface area contributed by atoms with E-state index in [0.29, 0.717) is 32.2 Å². The van der Waals surface area contributed by atoms with Gasteiger partial charge in [-0.3, -0.25) is 0 Å². The molecule has 0 unspecified atom stereocenters. The molecule has 0 amide bonds. The van der Waals surface area contributed by atoms with Gasteiger partial charge in [0.15, 0.2) is 0 Å². The van der Waals surface area contributed by atoms with Crippen molar-refractivity contribution < 1.29 is 4.42 Å². The molecule has 2 nitrogen and oxygen atoms in total. The van der Waals surface area contributed by atoms with Gasteiger partial charge in [-0.05, 0) is 54.1 Å². The van der Waals surface area contributed by atoms with Gasteiger partial charge in [0.25, 0.3) is 0 Å². The van der Waals surface area contributed by atoms with Crippen molar-refractivity contribution in [3.63, 3.8) is 0 Å². The summed E-state index contributed by atoms with van der Waals surface area (Å²) in [4.78, 5) is 0. The monoisotopic (exact) mass is 373 g/mol. The van der Waals surface area contributed by atoms with Crippen molar-refractivity contribution in [1.29, 1.82) is 5.26 Å². The fraction of sp³-hybridized carbons (Fsp3) is 0. The third-order valence-corrected chi connectivity index (χ3v) is 4.19. The van der Waals surface area contributed by atoms with Crippen LogP contribution in [-0.4, -0.2) is 0 Å². The quantitative estimate of drug-likeness (QED) is 0.464. The first kappa shape index (κ1) is 16.7. The van der Waals surface area contributed by atoms with Gasteiger partial charge in [0.1, 0.15) is 11.5 Å². The maximum Gasteiger partial charge on any atom is 0.136 e. The third-order valence-electron chi connectivity index (χ3n) is 3.39. The number of rotatable bonds is 3. The van der Waals surface area contributed by atoms with Crippen LogP contribution in [0.4, 0.5) is 0 Å². The van der Waals surface area contributed by atoms with Crippen LogP contribution in [0.3, 0.4) is 0 Å². The van der Waals surface area contributed by atoms with E-state index in [9.17, 15) is 5.26 Å². The molecular formula is C19H10Cl3NO. The summed E-state index contributed by atoms with van der Waals surface area (Å²) in [6, 6.07) is 18.0. The Morgan fingerprint density at radius 1 is 0.917 bits per heavy atom. The minimum Gasteiger partial charge on any atom is -0.457 e. The van der Waals surface area contributed by atoms with Crippen LogP contribution in [0, 0.1) is 11.3 Å². The number of benzene rings is 2. The van der Waals surface area contributed by atoms with Crippen molar-refractivity contribution in [1.82, 2.24) is 0 Å². The Morgan fingerprint density at radius 3 is 2.29 bits per heavy atom. The molecule has 1 heterocycles. The normalized spacial score (nSPS) is 11.3. The second-order valence-electron chi connectivity index (χ2n) is 5.00. The molecule has 0 saturated carbocycles. The Morgan fingerprint density at radius 2 is 1.62 bits per heavy atom. The molecule has 0 fully saturated rings. The Balaban J connectivity index is 1.95. The molecule has 0 bridgehead atoms. The van der Waals surface area contributed by atoms with E-state index in [1.807, 2.05) is 0 Å². The summed E-state index contributed by atoms with van der Waals surface area (Å²) >= 11 is 18.0. The fourth-order valence-electron chi connectivity index (χ4n) is 2.22. The second kappa shape index (κ2) is 7.15. The summed E-state index contributed by atoms with van der Waals surface area (Å²) in [6.07, 6.45) is 1.68. The van der Waals surface area contributed by atoms with Gasteiger partial charge in [0.2, 0.25) is 0 Å². The molecule has 1 aromatic heterocycles. The van der Waals surface area contributed by atoms with E-state index in [4.69, 9.17) is 39.2 Å². The zero-order valence-corrected chi connectivity index (χ0v) is 14.5. The summed E-state index contributed by atoms with van der Waals surface area (Å²) in [5.41, 5.74) is 1.99. The topological polar surface area (TPSA) is 36.9 Å². The van der Waals surface area contributed by atoms with Gasteiger partial charge in [-0.2, -0.15) is 5.26 Å². The largest absolute Gasteiger partial charge is 0.457 e. The summed E-state index contributed by atoms with van der Waals surface area (Å²) in [5.74, 6) is 1.17. The highest BCUT2D eigenvalue weighted by molar-refractivity contribution is 6.36. The molecule has 3 rings (SSSR count). The molecular weight excluding hydrogens is 365 g/mol.